The minimum Gasteiger partial charge on any atom is -0.313 e. The van der Waals surface area contributed by atoms with Crippen molar-refractivity contribution in [2.45, 2.75) is 6.17 Å². The molecule has 2 heteroatoms. The topological polar surface area (TPSA) is 12.0 Å². The minimum absolute atomic E-state index is 0.0509. The zero-order chi connectivity index (χ0) is 5.98. The molecule has 1 N–H and O–H groups in total. The van der Waals surface area contributed by atoms with Crippen LogP contribution < -0.4 is 5.32 Å². The van der Waals surface area contributed by atoms with Crippen molar-refractivity contribution in [2.75, 3.05) is 13.1 Å². The number of alkyl halides is 1. The van der Waals surface area contributed by atoms with E-state index in [-0.39, 0.29) is 5.92 Å². The monoisotopic (exact) mass is 115 g/mol. The largest absolute Gasteiger partial charge is 0.313 e. The predicted molar refractivity (Wildman–Crippen MR) is 31.5 cm³/mol. The van der Waals surface area contributed by atoms with Crippen LogP contribution >= 0.6 is 0 Å². The Morgan fingerprint density at radius 1 is 1.62 bits per heavy atom. The molecule has 1 heterocycles. The molecule has 0 bridgehead atoms. The van der Waals surface area contributed by atoms with E-state index in [4.69, 9.17) is 0 Å². The van der Waals surface area contributed by atoms with Gasteiger partial charge in [-0.3, -0.25) is 0 Å². The number of rotatable bonds is 1. The van der Waals surface area contributed by atoms with E-state index in [1.165, 1.54) is 0 Å². The van der Waals surface area contributed by atoms with E-state index in [1.54, 1.807) is 6.08 Å². The molecule has 0 spiro atoms. The Kier molecular flexibility index (Phi) is 1.63. The Hall–Kier alpha value is -0.370. The number of halogens is 1. The zero-order valence-electron chi connectivity index (χ0n) is 4.73. The summed E-state index contributed by atoms with van der Waals surface area (Å²) in [5.41, 5.74) is 0. The second-order valence-corrected chi connectivity index (χ2v) is 2.07. The van der Waals surface area contributed by atoms with Crippen molar-refractivity contribution in [3.8, 4) is 0 Å². The van der Waals surface area contributed by atoms with Gasteiger partial charge in [0.15, 0.2) is 0 Å². The third kappa shape index (κ3) is 0.892. The van der Waals surface area contributed by atoms with Gasteiger partial charge in [-0.25, -0.2) is 4.39 Å². The van der Waals surface area contributed by atoms with Crippen LogP contribution in [0.15, 0.2) is 12.7 Å². The van der Waals surface area contributed by atoms with Crippen molar-refractivity contribution in [1.29, 1.82) is 0 Å². The first-order valence-electron chi connectivity index (χ1n) is 2.82. The number of nitrogens with one attached hydrogen (secondary N) is 1. The van der Waals surface area contributed by atoms with Gasteiger partial charge in [-0.1, -0.05) is 6.08 Å². The van der Waals surface area contributed by atoms with Gasteiger partial charge in [-0.2, -0.15) is 0 Å². The van der Waals surface area contributed by atoms with E-state index in [9.17, 15) is 4.39 Å². The van der Waals surface area contributed by atoms with E-state index in [1.807, 2.05) is 0 Å². The molecule has 46 valence electrons. The molecule has 1 aliphatic rings. The molecule has 0 radical (unpaired) electrons. The van der Waals surface area contributed by atoms with Gasteiger partial charge in [0, 0.05) is 19.0 Å². The summed E-state index contributed by atoms with van der Waals surface area (Å²) in [5, 5.41) is 2.93. The maximum Gasteiger partial charge on any atom is 0.120 e. The molecule has 0 aromatic heterocycles. The lowest BCUT2D eigenvalue weighted by atomic mass is 10.1. The van der Waals surface area contributed by atoms with Crippen LogP contribution in [0.3, 0.4) is 0 Å². The van der Waals surface area contributed by atoms with Crippen LogP contribution in [0.25, 0.3) is 0 Å². The maximum absolute atomic E-state index is 12.5. The Balaban J connectivity index is 2.41. The van der Waals surface area contributed by atoms with Crippen LogP contribution in [0, 0.1) is 5.92 Å². The van der Waals surface area contributed by atoms with E-state index >= 15 is 0 Å². The molecule has 0 aliphatic carbocycles. The van der Waals surface area contributed by atoms with Gasteiger partial charge in [0.2, 0.25) is 0 Å². The maximum atomic E-state index is 12.5. The molecule has 0 saturated carbocycles. The third-order valence-corrected chi connectivity index (χ3v) is 1.49. The minimum atomic E-state index is -0.701. The van der Waals surface area contributed by atoms with Crippen molar-refractivity contribution in [3.63, 3.8) is 0 Å². The van der Waals surface area contributed by atoms with Crippen molar-refractivity contribution >= 4 is 0 Å². The first-order valence-corrected chi connectivity index (χ1v) is 2.82. The van der Waals surface area contributed by atoms with Crippen molar-refractivity contribution < 1.29 is 4.39 Å². The van der Waals surface area contributed by atoms with Gasteiger partial charge in [-0.05, 0) is 0 Å². The quantitative estimate of drug-likeness (QED) is 0.497. The Labute approximate surface area is 48.6 Å². The third-order valence-electron chi connectivity index (χ3n) is 1.49. The van der Waals surface area contributed by atoms with E-state index in [0.29, 0.717) is 6.54 Å². The summed E-state index contributed by atoms with van der Waals surface area (Å²) < 4.78 is 12.5. The van der Waals surface area contributed by atoms with Crippen LogP contribution in [-0.4, -0.2) is 19.3 Å². The first kappa shape index (κ1) is 5.76. The Morgan fingerprint density at radius 2 is 2.38 bits per heavy atom. The molecule has 1 aliphatic heterocycles. The molecular formula is C6H10FN. The van der Waals surface area contributed by atoms with Crippen molar-refractivity contribution in [2.24, 2.45) is 5.92 Å². The fourth-order valence-electron chi connectivity index (χ4n) is 0.898. The summed E-state index contributed by atoms with van der Waals surface area (Å²) in [4.78, 5) is 0. The molecule has 0 aromatic rings. The van der Waals surface area contributed by atoms with Crippen LogP contribution in [0.5, 0.6) is 0 Å². The summed E-state index contributed by atoms with van der Waals surface area (Å²) in [5.74, 6) is 0.0509. The zero-order valence-corrected chi connectivity index (χ0v) is 4.73. The van der Waals surface area contributed by atoms with Crippen molar-refractivity contribution in [3.05, 3.63) is 12.7 Å². The van der Waals surface area contributed by atoms with Gasteiger partial charge in [0.05, 0.1) is 0 Å². The highest BCUT2D eigenvalue weighted by atomic mass is 19.1. The van der Waals surface area contributed by atoms with Crippen LogP contribution in [0.4, 0.5) is 4.39 Å². The Morgan fingerprint density at radius 3 is 2.62 bits per heavy atom. The molecule has 0 aromatic carbocycles. The molecular weight excluding hydrogens is 105 g/mol. The van der Waals surface area contributed by atoms with Crippen LogP contribution in [0.1, 0.15) is 0 Å². The van der Waals surface area contributed by atoms with Crippen molar-refractivity contribution in [1.82, 2.24) is 5.32 Å². The summed E-state index contributed by atoms with van der Waals surface area (Å²) in [6.45, 7) is 4.76. The van der Waals surface area contributed by atoms with E-state index in [0.717, 1.165) is 6.54 Å². The summed E-state index contributed by atoms with van der Waals surface area (Å²) in [6, 6.07) is 0. The molecule has 1 saturated heterocycles. The Bertz CT molecular complexity index is 92.5. The van der Waals surface area contributed by atoms with Gasteiger partial charge in [-0.15, -0.1) is 6.58 Å². The van der Waals surface area contributed by atoms with Gasteiger partial charge < -0.3 is 5.32 Å². The average molecular weight is 115 g/mol. The normalized spacial score (nSPS) is 37.6. The average Bonchev–Trinajstić information content (AvgIpc) is 2.14. The smallest absolute Gasteiger partial charge is 0.120 e. The first-order chi connectivity index (χ1) is 3.84. The molecule has 8 heavy (non-hydrogen) atoms. The lowest BCUT2D eigenvalue weighted by Gasteiger charge is -2.01. The van der Waals surface area contributed by atoms with Crippen LogP contribution in [-0.2, 0) is 0 Å². The second-order valence-electron chi connectivity index (χ2n) is 2.07. The number of hydrogen-bond donors (Lipinski definition) is 1. The summed E-state index contributed by atoms with van der Waals surface area (Å²) in [7, 11) is 0. The molecule has 0 amide bonds. The van der Waals surface area contributed by atoms with E-state index in [2.05, 4.69) is 11.9 Å². The highest BCUT2D eigenvalue weighted by Crippen LogP contribution is 2.12. The molecule has 1 fully saturated rings. The van der Waals surface area contributed by atoms with Gasteiger partial charge in [0.25, 0.3) is 0 Å². The standard InChI is InChI=1S/C6H10FN/c1-2-5-3-8-4-6(5)7/h2,5-6,8H,1,3-4H2. The molecule has 2 atom stereocenters. The SMILES string of the molecule is C=CC1CNCC1F. The number of hydrogen-bond acceptors (Lipinski definition) is 1. The van der Waals surface area contributed by atoms with Crippen LogP contribution in [0.2, 0.25) is 0 Å². The molecule has 1 nitrogen and oxygen atoms in total. The highest BCUT2D eigenvalue weighted by Gasteiger charge is 2.22. The lowest BCUT2D eigenvalue weighted by Crippen LogP contribution is -2.09. The fraction of sp³-hybridized carbons (Fsp3) is 0.667. The highest BCUT2D eigenvalue weighted by molar-refractivity contribution is 4.92. The second kappa shape index (κ2) is 2.27. The predicted octanol–water partition coefficient (Wildman–Crippen LogP) is 0.730. The fourth-order valence-corrected chi connectivity index (χ4v) is 0.898. The molecule has 1 rings (SSSR count). The molecule has 2 unspecified atom stereocenters. The summed E-state index contributed by atoms with van der Waals surface area (Å²) >= 11 is 0. The van der Waals surface area contributed by atoms with Gasteiger partial charge >= 0.3 is 0 Å². The summed E-state index contributed by atoms with van der Waals surface area (Å²) in [6.07, 6.45) is 0.970. The lowest BCUT2D eigenvalue weighted by molar-refractivity contribution is 0.318. The van der Waals surface area contributed by atoms with E-state index < -0.39 is 6.17 Å². The van der Waals surface area contributed by atoms with Gasteiger partial charge in [0.1, 0.15) is 6.17 Å².